The highest BCUT2D eigenvalue weighted by molar-refractivity contribution is 5.85. The second kappa shape index (κ2) is 10.4. The van der Waals surface area contributed by atoms with Crippen LogP contribution < -0.4 is 5.32 Å². The van der Waals surface area contributed by atoms with Gasteiger partial charge >= 0.3 is 0 Å². The molecule has 1 N–H and O–H groups in total. The van der Waals surface area contributed by atoms with Crippen LogP contribution in [0.15, 0.2) is 42.7 Å². The molecule has 0 saturated carbocycles. The number of nitrogens with one attached hydrogen (secondary N) is 1. The first kappa shape index (κ1) is 21.4. The summed E-state index contributed by atoms with van der Waals surface area (Å²) in [5.41, 5.74) is 2.20. The number of benzene rings is 1. The standard InChI is InChI=1S/C20H28N4O2.ClH/c1-21-19(17-14-22-23(2)15-17)20(25)24-11-8-18(9-12-24)26-13-10-16-6-4-3-5-7-16;/h3-7,14-15,18-19,21H,8-13H2,1-2H3;1H. The van der Waals surface area contributed by atoms with Gasteiger partial charge in [0, 0.05) is 31.9 Å². The molecule has 1 saturated heterocycles. The van der Waals surface area contributed by atoms with Gasteiger partial charge in [0.2, 0.25) is 5.91 Å². The first-order valence-electron chi connectivity index (χ1n) is 9.27. The molecule has 0 spiro atoms. The number of hydrogen-bond acceptors (Lipinski definition) is 4. The summed E-state index contributed by atoms with van der Waals surface area (Å²) in [5.74, 6) is 0.114. The number of carbonyl (C=O) groups is 1. The van der Waals surface area contributed by atoms with Crippen LogP contribution in [0.5, 0.6) is 0 Å². The number of piperidine rings is 1. The Morgan fingerprint density at radius 3 is 2.59 bits per heavy atom. The van der Waals surface area contributed by atoms with E-state index < -0.39 is 0 Å². The number of amides is 1. The minimum Gasteiger partial charge on any atom is -0.378 e. The minimum absolute atomic E-state index is 0. The van der Waals surface area contributed by atoms with Crippen molar-refractivity contribution in [2.45, 2.75) is 31.4 Å². The van der Waals surface area contributed by atoms with Crippen LogP contribution in [0.4, 0.5) is 0 Å². The first-order valence-corrected chi connectivity index (χ1v) is 9.27. The Balaban J connectivity index is 0.00000261. The van der Waals surface area contributed by atoms with Crippen LogP contribution in [0.1, 0.15) is 30.0 Å². The van der Waals surface area contributed by atoms with E-state index in [1.165, 1.54) is 5.56 Å². The zero-order chi connectivity index (χ0) is 18.4. The molecule has 2 aromatic rings. The summed E-state index contributed by atoms with van der Waals surface area (Å²) in [7, 11) is 3.67. The molecule has 1 amide bonds. The lowest BCUT2D eigenvalue weighted by molar-refractivity contribution is -0.136. The lowest BCUT2D eigenvalue weighted by atomic mass is 10.0. The molecule has 1 aromatic carbocycles. The van der Waals surface area contributed by atoms with E-state index in [1.807, 2.05) is 31.3 Å². The van der Waals surface area contributed by atoms with Crippen LogP contribution in [0, 0.1) is 0 Å². The molecule has 1 atom stereocenters. The van der Waals surface area contributed by atoms with Gasteiger partial charge in [-0.25, -0.2) is 0 Å². The molecule has 1 fully saturated rings. The van der Waals surface area contributed by atoms with Gasteiger partial charge in [-0.3, -0.25) is 9.48 Å². The van der Waals surface area contributed by atoms with E-state index in [-0.39, 0.29) is 30.5 Å². The fourth-order valence-electron chi connectivity index (χ4n) is 3.44. The third kappa shape index (κ3) is 5.79. The predicted molar refractivity (Wildman–Crippen MR) is 108 cm³/mol. The number of nitrogens with zero attached hydrogens (tertiary/aromatic N) is 3. The molecular formula is C20H29ClN4O2. The van der Waals surface area contributed by atoms with Gasteiger partial charge in [-0.1, -0.05) is 30.3 Å². The lowest BCUT2D eigenvalue weighted by Crippen LogP contribution is -2.45. The van der Waals surface area contributed by atoms with Crippen molar-refractivity contribution in [1.82, 2.24) is 20.0 Å². The van der Waals surface area contributed by atoms with Gasteiger partial charge in [0.05, 0.1) is 18.9 Å². The zero-order valence-corrected chi connectivity index (χ0v) is 16.8. The molecule has 2 heterocycles. The monoisotopic (exact) mass is 392 g/mol. The van der Waals surface area contributed by atoms with Crippen LogP contribution in [0.25, 0.3) is 0 Å². The Hall–Kier alpha value is -1.89. The average Bonchev–Trinajstić information content (AvgIpc) is 3.10. The molecular weight excluding hydrogens is 364 g/mol. The van der Waals surface area contributed by atoms with Crippen molar-refractivity contribution in [2.75, 3.05) is 26.7 Å². The van der Waals surface area contributed by atoms with Crippen LogP contribution in [-0.2, 0) is 23.0 Å². The van der Waals surface area contributed by atoms with Crippen molar-refractivity contribution in [3.63, 3.8) is 0 Å². The number of hydrogen-bond donors (Lipinski definition) is 1. The van der Waals surface area contributed by atoms with E-state index in [1.54, 1.807) is 10.9 Å². The van der Waals surface area contributed by atoms with Gasteiger partial charge in [0.1, 0.15) is 6.04 Å². The summed E-state index contributed by atoms with van der Waals surface area (Å²) < 4.78 is 7.74. The summed E-state index contributed by atoms with van der Waals surface area (Å²) in [6.45, 7) is 2.22. The smallest absolute Gasteiger partial charge is 0.244 e. The maximum Gasteiger partial charge on any atom is 0.244 e. The van der Waals surface area contributed by atoms with Gasteiger partial charge in [-0.15, -0.1) is 12.4 Å². The van der Waals surface area contributed by atoms with E-state index in [0.29, 0.717) is 0 Å². The summed E-state index contributed by atoms with van der Waals surface area (Å²) in [4.78, 5) is 14.8. The number of carbonyl (C=O) groups excluding carboxylic acids is 1. The Labute approximate surface area is 167 Å². The number of likely N-dealkylation sites (N-methyl/N-ethyl adjacent to an activating group) is 1. The van der Waals surface area contributed by atoms with E-state index >= 15 is 0 Å². The second-order valence-electron chi connectivity index (χ2n) is 6.80. The van der Waals surface area contributed by atoms with Gasteiger partial charge < -0.3 is 15.0 Å². The predicted octanol–water partition coefficient (Wildman–Crippen LogP) is 2.35. The largest absolute Gasteiger partial charge is 0.378 e. The van der Waals surface area contributed by atoms with Crippen LogP contribution in [0.2, 0.25) is 0 Å². The summed E-state index contributed by atoms with van der Waals surface area (Å²) in [5, 5.41) is 7.29. The topological polar surface area (TPSA) is 59.4 Å². The Morgan fingerprint density at radius 1 is 1.30 bits per heavy atom. The Morgan fingerprint density at radius 2 is 2.00 bits per heavy atom. The highest BCUT2D eigenvalue weighted by Crippen LogP contribution is 2.20. The van der Waals surface area contributed by atoms with Crippen molar-refractivity contribution in [2.24, 2.45) is 7.05 Å². The van der Waals surface area contributed by atoms with Gasteiger partial charge in [0.15, 0.2) is 0 Å². The normalized spacial score (nSPS) is 16.0. The van der Waals surface area contributed by atoms with Crippen molar-refractivity contribution in [1.29, 1.82) is 0 Å². The van der Waals surface area contributed by atoms with Crippen molar-refractivity contribution < 1.29 is 9.53 Å². The molecule has 0 bridgehead atoms. The highest BCUT2D eigenvalue weighted by Gasteiger charge is 2.29. The zero-order valence-electron chi connectivity index (χ0n) is 16.0. The van der Waals surface area contributed by atoms with Crippen molar-refractivity contribution in [3.05, 3.63) is 53.9 Å². The van der Waals surface area contributed by atoms with E-state index in [9.17, 15) is 4.79 Å². The summed E-state index contributed by atoms with van der Waals surface area (Å²) in [6, 6.07) is 10.1. The fraction of sp³-hybridized carbons (Fsp3) is 0.500. The van der Waals surface area contributed by atoms with E-state index in [4.69, 9.17) is 4.74 Å². The molecule has 1 aliphatic rings. The molecule has 1 unspecified atom stereocenters. The summed E-state index contributed by atoms with van der Waals surface area (Å²) in [6.07, 6.45) is 6.60. The second-order valence-corrected chi connectivity index (χ2v) is 6.80. The van der Waals surface area contributed by atoms with Crippen LogP contribution >= 0.6 is 12.4 Å². The molecule has 1 aliphatic heterocycles. The molecule has 1 aromatic heterocycles. The van der Waals surface area contributed by atoms with Crippen LogP contribution in [0.3, 0.4) is 0 Å². The third-order valence-corrected chi connectivity index (χ3v) is 4.93. The molecule has 6 nitrogen and oxygen atoms in total. The number of ether oxygens (including phenoxy) is 1. The average molecular weight is 393 g/mol. The molecule has 27 heavy (non-hydrogen) atoms. The van der Waals surface area contributed by atoms with Crippen molar-refractivity contribution >= 4 is 18.3 Å². The molecule has 0 aliphatic carbocycles. The number of aryl methyl sites for hydroxylation is 1. The molecule has 7 heteroatoms. The van der Waals surface area contributed by atoms with Gasteiger partial charge in [0.25, 0.3) is 0 Å². The number of aromatic nitrogens is 2. The minimum atomic E-state index is -0.334. The molecule has 0 radical (unpaired) electrons. The number of likely N-dealkylation sites (tertiary alicyclic amines) is 1. The fourth-order valence-corrected chi connectivity index (χ4v) is 3.44. The Kier molecular flexibility index (Phi) is 8.28. The quantitative estimate of drug-likeness (QED) is 0.785. The van der Waals surface area contributed by atoms with Gasteiger partial charge in [-0.2, -0.15) is 5.10 Å². The Bertz CT molecular complexity index is 699. The molecule has 3 rings (SSSR count). The highest BCUT2D eigenvalue weighted by atomic mass is 35.5. The SMILES string of the molecule is CNC(C(=O)N1CCC(OCCc2ccccc2)CC1)c1cnn(C)c1.Cl. The third-order valence-electron chi connectivity index (χ3n) is 4.93. The lowest BCUT2D eigenvalue weighted by Gasteiger charge is -2.34. The van der Waals surface area contributed by atoms with E-state index in [2.05, 4.69) is 34.7 Å². The van der Waals surface area contributed by atoms with Crippen LogP contribution in [-0.4, -0.2) is 53.4 Å². The van der Waals surface area contributed by atoms with Crippen molar-refractivity contribution in [3.8, 4) is 0 Å². The molecule has 148 valence electrons. The summed E-state index contributed by atoms with van der Waals surface area (Å²) >= 11 is 0. The number of halogens is 1. The van der Waals surface area contributed by atoms with Gasteiger partial charge in [-0.05, 0) is 31.9 Å². The number of rotatable bonds is 7. The van der Waals surface area contributed by atoms with E-state index in [0.717, 1.165) is 44.5 Å². The maximum atomic E-state index is 12.8. The maximum absolute atomic E-state index is 12.8. The first-order chi connectivity index (χ1) is 12.7.